The molecule has 13 heavy (non-hydrogen) atoms. The highest BCUT2D eigenvalue weighted by atomic mass is 32.2. The molecule has 2 nitrogen and oxygen atoms in total. The van der Waals surface area contributed by atoms with Crippen molar-refractivity contribution in [1.82, 2.24) is 0 Å². The Morgan fingerprint density at radius 2 is 2.15 bits per heavy atom. The van der Waals surface area contributed by atoms with E-state index in [1.54, 1.807) is 18.0 Å². The maximum atomic E-state index is 10.1. The molecule has 0 saturated heterocycles. The maximum absolute atomic E-state index is 10.1. The van der Waals surface area contributed by atoms with Gasteiger partial charge in [-0.3, -0.25) is 0 Å². The van der Waals surface area contributed by atoms with Crippen LogP contribution in [0.4, 0.5) is 0 Å². The molecule has 0 atom stereocenters. The molecular weight excluding hydrogens is 184 g/mol. The van der Waals surface area contributed by atoms with Gasteiger partial charge >= 0.3 is 0 Å². The number of hydrogen-bond acceptors (Lipinski definition) is 3. The lowest BCUT2D eigenvalue weighted by atomic mass is 10.3. The summed E-state index contributed by atoms with van der Waals surface area (Å²) in [5.41, 5.74) is 0. The van der Waals surface area contributed by atoms with E-state index >= 15 is 0 Å². The highest BCUT2D eigenvalue weighted by molar-refractivity contribution is 8.00. The van der Waals surface area contributed by atoms with Gasteiger partial charge in [0.25, 0.3) is 0 Å². The molecule has 0 amide bonds. The second-order valence-corrected chi connectivity index (χ2v) is 5.00. The zero-order valence-electron chi connectivity index (χ0n) is 7.75. The molecule has 0 spiro atoms. The van der Waals surface area contributed by atoms with Crippen LogP contribution < -0.4 is 0 Å². The van der Waals surface area contributed by atoms with Gasteiger partial charge in [0.05, 0.1) is 11.2 Å². The van der Waals surface area contributed by atoms with Crippen LogP contribution in [0.5, 0.6) is 0 Å². The molecule has 2 rings (SSSR count). The third kappa shape index (κ3) is 1.92. The van der Waals surface area contributed by atoms with Gasteiger partial charge in [0.1, 0.15) is 10.7 Å². The van der Waals surface area contributed by atoms with Gasteiger partial charge in [-0.2, -0.15) is 0 Å². The van der Waals surface area contributed by atoms with Crippen molar-refractivity contribution in [2.45, 2.75) is 42.4 Å². The van der Waals surface area contributed by atoms with Crippen molar-refractivity contribution in [2.75, 3.05) is 0 Å². The number of aryl methyl sites for hydroxylation is 1. The summed E-state index contributed by atoms with van der Waals surface area (Å²) in [6.45, 7) is 1.93. The standard InChI is InChI=1S/C10H14O2S/c1-8-9(4-7-12-8)13-10(11)5-2-3-6-10/h4,7,11H,2-3,5-6H2,1H3. The van der Waals surface area contributed by atoms with Crippen LogP contribution in [0.2, 0.25) is 0 Å². The SMILES string of the molecule is Cc1occc1SC1(O)CCCC1. The molecule has 1 N–H and O–H groups in total. The first-order valence-electron chi connectivity index (χ1n) is 4.65. The van der Waals surface area contributed by atoms with Gasteiger partial charge in [0.15, 0.2) is 0 Å². The Morgan fingerprint density at radius 3 is 2.69 bits per heavy atom. The summed E-state index contributed by atoms with van der Waals surface area (Å²) < 4.78 is 5.19. The highest BCUT2D eigenvalue weighted by Crippen LogP contribution is 2.44. The summed E-state index contributed by atoms with van der Waals surface area (Å²) in [6, 6.07) is 1.93. The van der Waals surface area contributed by atoms with Gasteiger partial charge in [-0.15, -0.1) is 0 Å². The van der Waals surface area contributed by atoms with Gasteiger partial charge < -0.3 is 9.52 Å². The lowest BCUT2D eigenvalue weighted by Gasteiger charge is -2.20. The number of hydrogen-bond donors (Lipinski definition) is 1. The molecule has 1 fully saturated rings. The Balaban J connectivity index is 2.09. The summed E-state index contributed by atoms with van der Waals surface area (Å²) in [4.78, 5) is 0.540. The van der Waals surface area contributed by atoms with E-state index in [1.807, 2.05) is 13.0 Å². The fourth-order valence-corrected chi connectivity index (χ4v) is 2.93. The molecule has 0 aliphatic heterocycles. The van der Waals surface area contributed by atoms with E-state index in [0.717, 1.165) is 36.3 Å². The fraction of sp³-hybridized carbons (Fsp3) is 0.600. The van der Waals surface area contributed by atoms with Crippen LogP contribution in [0.1, 0.15) is 31.4 Å². The topological polar surface area (TPSA) is 33.4 Å². The van der Waals surface area contributed by atoms with E-state index in [2.05, 4.69) is 0 Å². The average molecular weight is 198 g/mol. The van der Waals surface area contributed by atoms with Crippen molar-refractivity contribution in [1.29, 1.82) is 0 Å². The Bertz CT molecular complexity index is 287. The van der Waals surface area contributed by atoms with E-state index in [9.17, 15) is 5.11 Å². The minimum absolute atomic E-state index is 0.533. The summed E-state index contributed by atoms with van der Waals surface area (Å²) in [5, 5.41) is 10.1. The largest absolute Gasteiger partial charge is 0.468 e. The van der Waals surface area contributed by atoms with Crippen LogP contribution in [0.15, 0.2) is 21.6 Å². The number of rotatable bonds is 2. The Labute approximate surface area is 82.3 Å². The molecule has 1 aliphatic carbocycles. The molecule has 1 aromatic rings. The Morgan fingerprint density at radius 1 is 1.46 bits per heavy atom. The Kier molecular flexibility index (Phi) is 2.39. The molecule has 3 heteroatoms. The quantitative estimate of drug-likeness (QED) is 0.742. The lowest BCUT2D eigenvalue weighted by Crippen LogP contribution is -2.18. The van der Waals surface area contributed by atoms with Crippen molar-refractivity contribution in [2.24, 2.45) is 0 Å². The molecule has 1 heterocycles. The molecule has 1 saturated carbocycles. The van der Waals surface area contributed by atoms with Gasteiger partial charge in [-0.05, 0) is 38.7 Å². The molecule has 0 aromatic carbocycles. The summed E-state index contributed by atoms with van der Waals surface area (Å²) in [7, 11) is 0. The van der Waals surface area contributed by atoms with Crippen molar-refractivity contribution >= 4 is 11.8 Å². The molecule has 72 valence electrons. The summed E-state index contributed by atoms with van der Waals surface area (Å²) >= 11 is 1.55. The fourth-order valence-electron chi connectivity index (χ4n) is 1.71. The van der Waals surface area contributed by atoms with Crippen LogP contribution in [0.3, 0.4) is 0 Å². The minimum atomic E-state index is -0.533. The molecular formula is C10H14O2S. The van der Waals surface area contributed by atoms with Gasteiger partial charge in [-0.25, -0.2) is 0 Å². The third-order valence-electron chi connectivity index (χ3n) is 2.50. The first-order chi connectivity index (χ1) is 6.20. The van der Waals surface area contributed by atoms with Gasteiger partial charge in [-0.1, -0.05) is 11.8 Å². The number of aliphatic hydroxyl groups is 1. The molecule has 0 radical (unpaired) electrons. The zero-order chi connectivity index (χ0) is 9.31. The normalized spacial score (nSPS) is 20.8. The third-order valence-corrected chi connectivity index (χ3v) is 3.93. The average Bonchev–Trinajstić information content (AvgIpc) is 2.64. The summed E-state index contributed by atoms with van der Waals surface area (Å²) in [5.74, 6) is 0.908. The van der Waals surface area contributed by atoms with Crippen molar-refractivity contribution in [3.05, 3.63) is 18.1 Å². The second kappa shape index (κ2) is 3.39. The van der Waals surface area contributed by atoms with E-state index < -0.39 is 4.93 Å². The maximum Gasteiger partial charge on any atom is 0.115 e. The van der Waals surface area contributed by atoms with E-state index in [1.165, 1.54) is 0 Å². The first-order valence-corrected chi connectivity index (χ1v) is 5.47. The zero-order valence-corrected chi connectivity index (χ0v) is 8.56. The monoisotopic (exact) mass is 198 g/mol. The van der Waals surface area contributed by atoms with E-state index in [-0.39, 0.29) is 0 Å². The highest BCUT2D eigenvalue weighted by Gasteiger charge is 2.32. The minimum Gasteiger partial charge on any atom is -0.468 e. The van der Waals surface area contributed by atoms with E-state index in [4.69, 9.17) is 4.42 Å². The van der Waals surface area contributed by atoms with Gasteiger partial charge in [0, 0.05) is 0 Å². The van der Waals surface area contributed by atoms with Crippen molar-refractivity contribution in [3.63, 3.8) is 0 Å². The molecule has 1 aromatic heterocycles. The van der Waals surface area contributed by atoms with Crippen molar-refractivity contribution < 1.29 is 9.52 Å². The van der Waals surface area contributed by atoms with Crippen LogP contribution in [0, 0.1) is 6.92 Å². The first kappa shape index (κ1) is 9.16. The van der Waals surface area contributed by atoms with Crippen molar-refractivity contribution in [3.8, 4) is 0 Å². The number of furan rings is 1. The van der Waals surface area contributed by atoms with Gasteiger partial charge in [0.2, 0.25) is 0 Å². The Hall–Kier alpha value is -0.410. The molecule has 0 bridgehead atoms. The van der Waals surface area contributed by atoms with Crippen LogP contribution in [0.25, 0.3) is 0 Å². The lowest BCUT2D eigenvalue weighted by molar-refractivity contribution is 0.145. The molecule has 0 unspecified atom stereocenters. The molecule has 1 aliphatic rings. The smallest absolute Gasteiger partial charge is 0.115 e. The predicted octanol–water partition coefficient (Wildman–Crippen LogP) is 2.94. The second-order valence-electron chi connectivity index (χ2n) is 3.60. The van der Waals surface area contributed by atoms with Crippen LogP contribution in [-0.2, 0) is 0 Å². The van der Waals surface area contributed by atoms with Crippen LogP contribution in [-0.4, -0.2) is 10.0 Å². The number of thioether (sulfide) groups is 1. The van der Waals surface area contributed by atoms with E-state index in [0.29, 0.717) is 0 Å². The summed E-state index contributed by atoms with van der Waals surface area (Å²) in [6.07, 6.45) is 5.77. The van der Waals surface area contributed by atoms with Crippen LogP contribution >= 0.6 is 11.8 Å². The predicted molar refractivity (Wildman–Crippen MR) is 52.7 cm³/mol.